The maximum Gasteiger partial charge on any atom is 0.138 e. The Hall–Kier alpha value is -2.33. The quantitative estimate of drug-likeness (QED) is 0.798. The van der Waals surface area contributed by atoms with E-state index in [2.05, 4.69) is 0 Å². The molecule has 5 heteroatoms. The van der Waals surface area contributed by atoms with E-state index in [9.17, 15) is 14.3 Å². The van der Waals surface area contributed by atoms with Crippen LogP contribution in [-0.2, 0) is 11.4 Å². The van der Waals surface area contributed by atoms with Crippen LogP contribution in [0.15, 0.2) is 48.5 Å². The monoisotopic (exact) mass is 305 g/mol. The molecule has 0 aliphatic carbocycles. The number of carbonyl (C=O) groups is 1. The first-order valence-electron chi connectivity index (χ1n) is 6.10. The third kappa shape index (κ3) is 4.61. The number of carboxylic acids is 1. The number of hydrogen-bond acceptors (Lipinski definition) is 3. The van der Waals surface area contributed by atoms with Crippen molar-refractivity contribution < 1.29 is 19.0 Å². The molecule has 2 aromatic rings. The lowest BCUT2D eigenvalue weighted by Gasteiger charge is -2.09. The Morgan fingerprint density at radius 2 is 1.95 bits per heavy atom. The largest absolute Gasteiger partial charge is 0.545 e. The molecule has 2 rings (SSSR count). The van der Waals surface area contributed by atoms with Gasteiger partial charge in [-0.15, -0.1) is 0 Å². The molecule has 0 aromatic heterocycles. The molecule has 0 aliphatic heterocycles. The van der Waals surface area contributed by atoms with E-state index in [0.717, 1.165) is 11.6 Å². The van der Waals surface area contributed by atoms with Crippen LogP contribution in [0.1, 0.15) is 11.1 Å². The smallest absolute Gasteiger partial charge is 0.138 e. The average Bonchev–Trinajstić information content (AvgIpc) is 2.46. The maximum atomic E-state index is 12.8. The zero-order valence-electron chi connectivity index (χ0n) is 10.9. The van der Waals surface area contributed by atoms with Crippen molar-refractivity contribution in [3.63, 3.8) is 0 Å². The molecule has 0 heterocycles. The van der Waals surface area contributed by atoms with Crippen LogP contribution in [0.3, 0.4) is 0 Å². The molecule has 0 bridgehead atoms. The highest BCUT2D eigenvalue weighted by Gasteiger charge is 2.03. The Morgan fingerprint density at radius 3 is 2.57 bits per heavy atom. The molecule has 0 unspecified atom stereocenters. The number of benzene rings is 2. The Kier molecular flexibility index (Phi) is 4.95. The van der Waals surface area contributed by atoms with Gasteiger partial charge in [-0.1, -0.05) is 35.9 Å². The lowest BCUT2D eigenvalue weighted by atomic mass is 10.2. The summed E-state index contributed by atoms with van der Waals surface area (Å²) in [7, 11) is 0. The van der Waals surface area contributed by atoms with Crippen molar-refractivity contribution in [2.24, 2.45) is 0 Å². The maximum absolute atomic E-state index is 12.8. The van der Waals surface area contributed by atoms with Crippen LogP contribution in [0, 0.1) is 5.82 Å². The third-order valence-corrected chi connectivity index (χ3v) is 2.97. The summed E-state index contributed by atoms with van der Waals surface area (Å²) in [6.45, 7) is 0.258. The van der Waals surface area contributed by atoms with Crippen molar-refractivity contribution >= 4 is 23.6 Å². The summed E-state index contributed by atoms with van der Waals surface area (Å²) in [5.74, 6) is -1.12. The van der Waals surface area contributed by atoms with Crippen molar-refractivity contribution in [2.75, 3.05) is 0 Å². The molecule has 0 radical (unpaired) electrons. The molecule has 0 saturated carbocycles. The lowest BCUT2D eigenvalue weighted by molar-refractivity contribution is -0.297. The molecule has 0 saturated heterocycles. The summed E-state index contributed by atoms with van der Waals surface area (Å²) in [6, 6.07) is 10.9. The van der Waals surface area contributed by atoms with Crippen LogP contribution >= 0.6 is 11.6 Å². The highest BCUT2D eigenvalue weighted by atomic mass is 35.5. The van der Waals surface area contributed by atoms with E-state index < -0.39 is 5.97 Å². The summed E-state index contributed by atoms with van der Waals surface area (Å²) in [5, 5.41) is 10.7. The van der Waals surface area contributed by atoms with Crippen LogP contribution in [0.4, 0.5) is 4.39 Å². The first kappa shape index (κ1) is 15.1. The summed E-state index contributed by atoms with van der Waals surface area (Å²) >= 11 is 6.05. The standard InChI is InChI=1S/C16H12ClFO3/c17-14-9-11(4-8-16(19)20)3-7-15(14)21-10-12-1-5-13(18)6-2-12/h1-9H,10H2,(H,19,20)/p-1/b8-4+. The second-order valence-electron chi connectivity index (χ2n) is 4.26. The number of ether oxygens (including phenoxy) is 1. The minimum Gasteiger partial charge on any atom is -0.545 e. The molecule has 21 heavy (non-hydrogen) atoms. The van der Waals surface area contributed by atoms with Gasteiger partial charge >= 0.3 is 0 Å². The van der Waals surface area contributed by atoms with Gasteiger partial charge in [-0.2, -0.15) is 0 Å². The Labute approximate surface area is 126 Å². The Balaban J connectivity index is 2.04. The minimum atomic E-state index is -1.28. The van der Waals surface area contributed by atoms with Gasteiger partial charge in [0.15, 0.2) is 0 Å². The number of halogens is 2. The van der Waals surface area contributed by atoms with Gasteiger partial charge in [-0.3, -0.25) is 0 Å². The number of carboxylic acid groups (broad SMARTS) is 1. The fraction of sp³-hybridized carbons (Fsp3) is 0.0625. The van der Waals surface area contributed by atoms with E-state index >= 15 is 0 Å². The molecule has 108 valence electrons. The molecule has 3 nitrogen and oxygen atoms in total. The van der Waals surface area contributed by atoms with Crippen LogP contribution in [0.25, 0.3) is 6.08 Å². The van der Waals surface area contributed by atoms with Gasteiger partial charge in [0, 0.05) is 0 Å². The van der Waals surface area contributed by atoms with Gasteiger partial charge in [-0.05, 0) is 41.5 Å². The first-order chi connectivity index (χ1) is 10.0. The van der Waals surface area contributed by atoms with Crippen molar-refractivity contribution in [1.29, 1.82) is 0 Å². The highest BCUT2D eigenvalue weighted by Crippen LogP contribution is 2.26. The summed E-state index contributed by atoms with van der Waals surface area (Å²) in [4.78, 5) is 10.3. The van der Waals surface area contributed by atoms with Crippen molar-refractivity contribution in [3.05, 3.63) is 70.5 Å². The summed E-state index contributed by atoms with van der Waals surface area (Å²) < 4.78 is 18.3. The molecular weight excluding hydrogens is 295 g/mol. The van der Waals surface area contributed by atoms with Crippen LogP contribution in [0.2, 0.25) is 5.02 Å². The fourth-order valence-electron chi connectivity index (χ4n) is 1.64. The van der Waals surface area contributed by atoms with E-state index in [1.807, 2.05) is 0 Å². The number of carbonyl (C=O) groups excluding carboxylic acids is 1. The average molecular weight is 306 g/mol. The zero-order valence-corrected chi connectivity index (χ0v) is 11.6. The number of aliphatic carboxylic acids is 1. The van der Waals surface area contributed by atoms with E-state index in [4.69, 9.17) is 16.3 Å². The van der Waals surface area contributed by atoms with Crippen LogP contribution in [0.5, 0.6) is 5.75 Å². The molecule has 0 aliphatic rings. The number of rotatable bonds is 5. The summed E-state index contributed by atoms with van der Waals surface area (Å²) in [6.07, 6.45) is 2.30. The SMILES string of the molecule is O=C([O-])/C=C/c1ccc(OCc2ccc(F)cc2)c(Cl)c1. The second kappa shape index (κ2) is 6.90. The fourth-order valence-corrected chi connectivity index (χ4v) is 1.89. The topological polar surface area (TPSA) is 49.4 Å². The van der Waals surface area contributed by atoms with Gasteiger partial charge in [0.05, 0.1) is 11.0 Å². The van der Waals surface area contributed by atoms with Crippen molar-refractivity contribution in [1.82, 2.24) is 0 Å². The molecule has 0 N–H and O–H groups in total. The van der Waals surface area contributed by atoms with Crippen LogP contribution < -0.4 is 9.84 Å². The first-order valence-corrected chi connectivity index (χ1v) is 6.48. The van der Waals surface area contributed by atoms with Gasteiger partial charge < -0.3 is 14.6 Å². The molecule has 0 amide bonds. The van der Waals surface area contributed by atoms with E-state index in [1.54, 1.807) is 30.3 Å². The molecule has 0 fully saturated rings. The zero-order chi connectivity index (χ0) is 15.2. The second-order valence-corrected chi connectivity index (χ2v) is 4.66. The number of hydrogen-bond donors (Lipinski definition) is 0. The van der Waals surface area contributed by atoms with Crippen molar-refractivity contribution in [3.8, 4) is 5.75 Å². The predicted octanol–water partition coefficient (Wildman–Crippen LogP) is 2.82. The van der Waals surface area contributed by atoms with Crippen LogP contribution in [-0.4, -0.2) is 5.97 Å². The molecule has 0 atom stereocenters. The molecule has 2 aromatic carbocycles. The predicted molar refractivity (Wildman–Crippen MR) is 76.2 cm³/mol. The highest BCUT2D eigenvalue weighted by molar-refractivity contribution is 6.32. The van der Waals surface area contributed by atoms with Gasteiger partial charge in [0.2, 0.25) is 0 Å². The van der Waals surface area contributed by atoms with Gasteiger partial charge in [-0.25, -0.2) is 4.39 Å². The van der Waals surface area contributed by atoms with Gasteiger partial charge in [0.1, 0.15) is 18.2 Å². The third-order valence-electron chi connectivity index (χ3n) is 2.68. The normalized spacial score (nSPS) is 10.8. The van der Waals surface area contributed by atoms with Crippen molar-refractivity contribution in [2.45, 2.75) is 6.61 Å². The summed E-state index contributed by atoms with van der Waals surface area (Å²) in [5.41, 5.74) is 1.44. The van der Waals surface area contributed by atoms with Gasteiger partial charge in [0.25, 0.3) is 0 Å². The van der Waals surface area contributed by atoms with E-state index in [1.165, 1.54) is 18.2 Å². The molecule has 0 spiro atoms. The lowest BCUT2D eigenvalue weighted by Crippen LogP contribution is -2.18. The van der Waals surface area contributed by atoms with E-state index in [0.29, 0.717) is 16.3 Å². The molecular formula is C16H11ClFO3-. The van der Waals surface area contributed by atoms with E-state index in [-0.39, 0.29) is 12.4 Å². The Morgan fingerprint density at radius 1 is 1.24 bits per heavy atom. The minimum absolute atomic E-state index is 0.258. The Bertz CT molecular complexity index is 666.